The first-order chi connectivity index (χ1) is 10.8. The van der Waals surface area contributed by atoms with E-state index < -0.39 is 0 Å². The van der Waals surface area contributed by atoms with Crippen LogP contribution in [0.4, 0.5) is 5.69 Å². The van der Waals surface area contributed by atoms with Crippen LogP contribution >= 0.6 is 0 Å². The normalized spacial score (nSPS) is 11.7. The highest BCUT2D eigenvalue weighted by atomic mass is 16.5. The Hall–Kier alpha value is -2.62. The summed E-state index contributed by atoms with van der Waals surface area (Å²) >= 11 is 0. The minimum absolute atomic E-state index is 0.123. The summed E-state index contributed by atoms with van der Waals surface area (Å²) in [5, 5.41) is 4.06. The largest absolute Gasteiger partial charge is 0.398 e. The number of benzene rings is 2. The number of anilines is 1. The van der Waals surface area contributed by atoms with Crippen molar-refractivity contribution in [3.05, 3.63) is 53.6 Å². The van der Waals surface area contributed by atoms with E-state index >= 15 is 0 Å². The first-order valence-corrected chi connectivity index (χ1v) is 7.66. The van der Waals surface area contributed by atoms with E-state index in [0.29, 0.717) is 11.7 Å². The Morgan fingerprint density at radius 2 is 1.61 bits per heavy atom. The molecule has 0 bridgehead atoms. The molecule has 3 aromatic rings. The van der Waals surface area contributed by atoms with Crippen LogP contribution < -0.4 is 5.73 Å². The van der Waals surface area contributed by atoms with Crippen LogP contribution in [-0.4, -0.2) is 10.1 Å². The van der Waals surface area contributed by atoms with E-state index in [9.17, 15) is 0 Å². The van der Waals surface area contributed by atoms with Crippen LogP contribution in [0.5, 0.6) is 0 Å². The molecular weight excluding hydrogens is 286 g/mol. The summed E-state index contributed by atoms with van der Waals surface area (Å²) in [4.78, 5) is 4.48. The van der Waals surface area contributed by atoms with E-state index in [1.165, 1.54) is 5.56 Å². The van der Waals surface area contributed by atoms with E-state index in [0.717, 1.165) is 22.4 Å². The topological polar surface area (TPSA) is 64.9 Å². The molecule has 0 aliphatic rings. The van der Waals surface area contributed by atoms with E-state index in [1.807, 2.05) is 37.3 Å². The average Bonchev–Trinajstić information content (AvgIpc) is 2.99. The maximum absolute atomic E-state index is 5.95. The van der Waals surface area contributed by atoms with Crippen LogP contribution in [-0.2, 0) is 5.41 Å². The summed E-state index contributed by atoms with van der Waals surface area (Å²) in [6.07, 6.45) is 0. The van der Waals surface area contributed by atoms with Gasteiger partial charge in [-0.2, -0.15) is 4.98 Å². The van der Waals surface area contributed by atoms with Gasteiger partial charge in [0.05, 0.1) is 0 Å². The minimum atomic E-state index is 0.123. The van der Waals surface area contributed by atoms with Crippen molar-refractivity contribution in [2.24, 2.45) is 0 Å². The molecule has 3 rings (SSSR count). The van der Waals surface area contributed by atoms with Crippen molar-refractivity contribution in [3.63, 3.8) is 0 Å². The number of hydrogen-bond acceptors (Lipinski definition) is 4. The van der Waals surface area contributed by atoms with Gasteiger partial charge in [-0.3, -0.25) is 0 Å². The maximum atomic E-state index is 5.95. The Morgan fingerprint density at radius 1 is 0.957 bits per heavy atom. The van der Waals surface area contributed by atoms with E-state index in [1.54, 1.807) is 0 Å². The molecule has 0 aliphatic heterocycles. The highest BCUT2D eigenvalue weighted by Gasteiger charge is 2.15. The summed E-state index contributed by atoms with van der Waals surface area (Å²) < 4.78 is 5.40. The quantitative estimate of drug-likeness (QED) is 0.703. The van der Waals surface area contributed by atoms with Crippen molar-refractivity contribution in [1.29, 1.82) is 0 Å². The standard InChI is InChI=1S/C19H21N3O/c1-12-5-6-14(11-16(12)20)17-21-18(23-22-17)13-7-9-15(10-8-13)19(2,3)4/h5-11H,20H2,1-4H3. The lowest BCUT2D eigenvalue weighted by molar-refractivity contribution is 0.432. The van der Waals surface area contributed by atoms with Gasteiger partial charge in [0, 0.05) is 16.8 Å². The number of rotatable bonds is 2. The molecule has 4 nitrogen and oxygen atoms in total. The molecular formula is C19H21N3O. The van der Waals surface area contributed by atoms with Gasteiger partial charge in [-0.05, 0) is 41.7 Å². The van der Waals surface area contributed by atoms with E-state index in [2.05, 4.69) is 43.0 Å². The van der Waals surface area contributed by atoms with Gasteiger partial charge in [0.15, 0.2) is 0 Å². The number of nitrogen functional groups attached to an aromatic ring is 1. The lowest BCUT2D eigenvalue weighted by Gasteiger charge is -2.18. The zero-order chi connectivity index (χ0) is 16.6. The molecule has 0 fully saturated rings. The molecule has 0 aliphatic carbocycles. The van der Waals surface area contributed by atoms with Gasteiger partial charge in [0.1, 0.15) is 0 Å². The van der Waals surface area contributed by atoms with Gasteiger partial charge < -0.3 is 10.3 Å². The number of nitrogens with zero attached hydrogens (tertiary/aromatic N) is 2. The molecule has 0 unspecified atom stereocenters. The average molecular weight is 307 g/mol. The lowest BCUT2D eigenvalue weighted by atomic mass is 9.87. The zero-order valence-corrected chi connectivity index (χ0v) is 13.9. The van der Waals surface area contributed by atoms with Gasteiger partial charge in [0.25, 0.3) is 5.89 Å². The molecule has 0 atom stereocenters. The fraction of sp³-hybridized carbons (Fsp3) is 0.263. The monoisotopic (exact) mass is 307 g/mol. The number of aromatic nitrogens is 2. The molecule has 0 saturated heterocycles. The minimum Gasteiger partial charge on any atom is -0.398 e. The third kappa shape index (κ3) is 3.11. The summed E-state index contributed by atoms with van der Waals surface area (Å²) in [6.45, 7) is 8.54. The van der Waals surface area contributed by atoms with Crippen molar-refractivity contribution in [3.8, 4) is 22.8 Å². The highest BCUT2D eigenvalue weighted by molar-refractivity contribution is 5.65. The van der Waals surface area contributed by atoms with Crippen molar-refractivity contribution >= 4 is 5.69 Å². The van der Waals surface area contributed by atoms with Gasteiger partial charge in [-0.1, -0.05) is 50.2 Å². The number of nitrogens with two attached hydrogens (primary N) is 1. The van der Waals surface area contributed by atoms with Crippen LogP contribution in [0.3, 0.4) is 0 Å². The van der Waals surface area contributed by atoms with E-state index in [-0.39, 0.29) is 5.41 Å². The predicted molar refractivity (Wildman–Crippen MR) is 93.0 cm³/mol. The Morgan fingerprint density at radius 3 is 2.22 bits per heavy atom. The third-order valence-electron chi connectivity index (χ3n) is 3.96. The summed E-state index contributed by atoms with van der Waals surface area (Å²) in [5.41, 5.74) is 10.9. The molecule has 2 N–H and O–H groups in total. The summed E-state index contributed by atoms with van der Waals surface area (Å²) in [7, 11) is 0. The van der Waals surface area contributed by atoms with Crippen molar-refractivity contribution < 1.29 is 4.52 Å². The molecule has 4 heteroatoms. The van der Waals surface area contributed by atoms with Crippen LogP contribution in [0.15, 0.2) is 47.0 Å². The van der Waals surface area contributed by atoms with Gasteiger partial charge in [0.2, 0.25) is 5.82 Å². The van der Waals surface area contributed by atoms with Crippen LogP contribution in [0.2, 0.25) is 0 Å². The van der Waals surface area contributed by atoms with Crippen molar-refractivity contribution in [1.82, 2.24) is 10.1 Å². The second kappa shape index (κ2) is 5.54. The first-order valence-electron chi connectivity index (χ1n) is 7.66. The first kappa shape index (κ1) is 15.3. The molecule has 0 radical (unpaired) electrons. The van der Waals surface area contributed by atoms with Crippen LogP contribution in [0, 0.1) is 6.92 Å². The molecule has 118 valence electrons. The molecule has 2 aromatic carbocycles. The Labute approximate surface area is 136 Å². The SMILES string of the molecule is Cc1ccc(-c2noc(-c3ccc(C(C)(C)C)cc3)n2)cc1N. The Bertz CT molecular complexity index is 827. The second-order valence-corrected chi connectivity index (χ2v) is 6.82. The van der Waals surface area contributed by atoms with Gasteiger partial charge >= 0.3 is 0 Å². The number of aryl methyl sites for hydroxylation is 1. The zero-order valence-electron chi connectivity index (χ0n) is 13.9. The van der Waals surface area contributed by atoms with Crippen LogP contribution in [0.25, 0.3) is 22.8 Å². The molecule has 1 aromatic heterocycles. The third-order valence-corrected chi connectivity index (χ3v) is 3.96. The lowest BCUT2D eigenvalue weighted by Crippen LogP contribution is -2.10. The molecule has 0 spiro atoms. The number of hydrogen-bond donors (Lipinski definition) is 1. The Balaban J connectivity index is 1.91. The fourth-order valence-electron chi connectivity index (χ4n) is 2.35. The predicted octanol–water partition coefficient (Wildman–Crippen LogP) is 4.59. The molecule has 0 amide bonds. The highest BCUT2D eigenvalue weighted by Crippen LogP contribution is 2.27. The molecule has 23 heavy (non-hydrogen) atoms. The maximum Gasteiger partial charge on any atom is 0.258 e. The van der Waals surface area contributed by atoms with E-state index in [4.69, 9.17) is 10.3 Å². The van der Waals surface area contributed by atoms with Gasteiger partial charge in [-0.25, -0.2) is 0 Å². The second-order valence-electron chi connectivity index (χ2n) is 6.82. The summed E-state index contributed by atoms with van der Waals surface area (Å²) in [5.74, 6) is 1.06. The van der Waals surface area contributed by atoms with Gasteiger partial charge in [-0.15, -0.1) is 0 Å². The van der Waals surface area contributed by atoms with Crippen molar-refractivity contribution in [2.45, 2.75) is 33.1 Å². The summed E-state index contributed by atoms with van der Waals surface area (Å²) in [6, 6.07) is 14.0. The van der Waals surface area contributed by atoms with Crippen LogP contribution in [0.1, 0.15) is 31.9 Å². The fourth-order valence-corrected chi connectivity index (χ4v) is 2.35. The van der Waals surface area contributed by atoms with Crippen molar-refractivity contribution in [2.75, 3.05) is 5.73 Å². The Kier molecular flexibility index (Phi) is 3.68. The molecule has 1 heterocycles. The smallest absolute Gasteiger partial charge is 0.258 e. The molecule has 0 saturated carbocycles.